The fourth-order valence-electron chi connectivity index (χ4n) is 10.3. The number of unbranched alkanes of at least 4 members (excludes halogenated alkanes) is 25. The van der Waals surface area contributed by atoms with E-state index in [4.69, 9.17) is 28.4 Å². The lowest BCUT2D eigenvalue weighted by molar-refractivity contribution is -0.379. The zero-order valence-electron chi connectivity index (χ0n) is 48.1. The summed E-state index contributed by atoms with van der Waals surface area (Å²) in [6.07, 6.45) is 19.9. The standard InChI is InChI=1S/C60H109NO18/c1-3-5-7-9-11-13-15-17-18-19-20-21-22-23-24-26-28-30-32-34-36-38-48(66)61-43(44(65)37-35-33-31-29-27-25-16-14-12-10-8-6-4-2)42-74-58-54(72)51(69)56(46(40-63)76-58)79-60-55(73)52(70)57(47(41-64)77-60)78-59-53(71)50(68)49(67)45(39-62)75-59/h19-20,27,29,35,37,43-47,49-60,62-65,67-73H,3-18,21-26,28,30-34,36,38-42H2,1-2H3,(H,61,66)/b20-19-,29-27+,37-35+. The minimum absolute atomic E-state index is 0.234. The first-order valence-corrected chi connectivity index (χ1v) is 30.7. The Bertz CT molecular complexity index is 1590. The summed E-state index contributed by atoms with van der Waals surface area (Å²) < 4.78 is 34.2. The molecule has 0 aromatic rings. The van der Waals surface area contributed by atoms with Crippen molar-refractivity contribution in [3.05, 3.63) is 36.5 Å². The number of ether oxygens (including phenoxy) is 6. The van der Waals surface area contributed by atoms with Crippen LogP contribution in [0.4, 0.5) is 0 Å². The molecule has 0 aromatic carbocycles. The summed E-state index contributed by atoms with van der Waals surface area (Å²) in [5, 5.41) is 120. The zero-order chi connectivity index (χ0) is 57.6. The molecule has 79 heavy (non-hydrogen) atoms. The van der Waals surface area contributed by atoms with E-state index in [0.717, 1.165) is 51.4 Å². The maximum absolute atomic E-state index is 13.3. The Balaban J connectivity index is 1.49. The van der Waals surface area contributed by atoms with Crippen molar-refractivity contribution in [2.75, 3.05) is 26.4 Å². The van der Waals surface area contributed by atoms with Gasteiger partial charge in [0, 0.05) is 6.42 Å². The van der Waals surface area contributed by atoms with Gasteiger partial charge in [0.2, 0.25) is 5.91 Å². The van der Waals surface area contributed by atoms with E-state index in [1.165, 1.54) is 122 Å². The van der Waals surface area contributed by atoms with E-state index in [2.05, 4.69) is 43.5 Å². The molecule has 3 aliphatic heterocycles. The summed E-state index contributed by atoms with van der Waals surface area (Å²) in [4.78, 5) is 13.3. The number of nitrogens with one attached hydrogen (secondary N) is 1. The quantitative estimate of drug-likeness (QED) is 0.0257. The fourth-order valence-corrected chi connectivity index (χ4v) is 10.3. The first-order chi connectivity index (χ1) is 38.3. The second kappa shape index (κ2) is 43.6. The summed E-state index contributed by atoms with van der Waals surface area (Å²) in [6.45, 7) is 1.68. The average Bonchev–Trinajstić information content (AvgIpc) is 3.56. The average molecular weight is 1130 g/mol. The maximum Gasteiger partial charge on any atom is 0.220 e. The Morgan fingerprint density at radius 2 is 0.810 bits per heavy atom. The smallest absolute Gasteiger partial charge is 0.220 e. The normalized spacial score (nSPS) is 30.5. The highest BCUT2D eigenvalue weighted by molar-refractivity contribution is 5.76. The largest absolute Gasteiger partial charge is 0.394 e. The molecule has 0 spiro atoms. The SMILES string of the molecule is CCCCCCCCC/C=C/CC/C=C/C(O)C(COC1OC(CO)C(OC2OC(CO)C(OC3OC(CO)C(O)C(O)C3O)C(O)C2O)C(O)C1O)NC(=O)CCCCCCCCCCC/C=C\CCCCCCCCCC. The van der Waals surface area contributed by atoms with E-state index >= 15 is 0 Å². The molecule has 0 bridgehead atoms. The van der Waals surface area contributed by atoms with Crippen LogP contribution in [0.15, 0.2) is 36.5 Å². The van der Waals surface area contributed by atoms with Gasteiger partial charge < -0.3 is 89.9 Å². The zero-order valence-corrected chi connectivity index (χ0v) is 48.1. The van der Waals surface area contributed by atoms with Crippen molar-refractivity contribution in [2.24, 2.45) is 0 Å². The lowest BCUT2D eigenvalue weighted by Gasteiger charge is -2.48. The van der Waals surface area contributed by atoms with Gasteiger partial charge in [0.05, 0.1) is 38.6 Å². The van der Waals surface area contributed by atoms with Gasteiger partial charge in [-0.05, 0) is 57.8 Å². The van der Waals surface area contributed by atoms with E-state index < -0.39 is 124 Å². The molecule has 462 valence electrons. The van der Waals surface area contributed by atoms with E-state index in [-0.39, 0.29) is 18.9 Å². The van der Waals surface area contributed by atoms with Crippen molar-refractivity contribution in [3.8, 4) is 0 Å². The highest BCUT2D eigenvalue weighted by Gasteiger charge is 2.53. The van der Waals surface area contributed by atoms with Crippen LogP contribution < -0.4 is 5.32 Å². The first kappa shape index (κ1) is 71.3. The van der Waals surface area contributed by atoms with Crippen LogP contribution in [-0.2, 0) is 33.2 Å². The number of hydrogen-bond acceptors (Lipinski definition) is 18. The van der Waals surface area contributed by atoms with Gasteiger partial charge >= 0.3 is 0 Å². The fraction of sp³-hybridized carbons (Fsp3) is 0.883. The van der Waals surface area contributed by atoms with Crippen molar-refractivity contribution in [3.63, 3.8) is 0 Å². The van der Waals surface area contributed by atoms with Gasteiger partial charge in [-0.2, -0.15) is 0 Å². The molecule has 19 nitrogen and oxygen atoms in total. The van der Waals surface area contributed by atoms with Gasteiger partial charge in [0.1, 0.15) is 73.2 Å². The highest BCUT2D eigenvalue weighted by atomic mass is 16.8. The number of carbonyl (C=O) groups is 1. The minimum Gasteiger partial charge on any atom is -0.394 e. The van der Waals surface area contributed by atoms with Gasteiger partial charge in [-0.15, -0.1) is 0 Å². The number of carbonyl (C=O) groups excluding carboxylic acids is 1. The predicted molar refractivity (Wildman–Crippen MR) is 300 cm³/mol. The third kappa shape index (κ3) is 27.5. The minimum atomic E-state index is -1.98. The molecule has 1 amide bonds. The van der Waals surface area contributed by atoms with Crippen molar-refractivity contribution in [2.45, 2.75) is 311 Å². The molecule has 19 heteroatoms. The van der Waals surface area contributed by atoms with Crippen molar-refractivity contribution >= 4 is 5.91 Å². The first-order valence-electron chi connectivity index (χ1n) is 30.7. The number of amides is 1. The van der Waals surface area contributed by atoms with Crippen LogP contribution in [0.1, 0.15) is 206 Å². The van der Waals surface area contributed by atoms with Crippen LogP contribution >= 0.6 is 0 Å². The lowest BCUT2D eigenvalue weighted by Crippen LogP contribution is -2.66. The topological polar surface area (TPSA) is 307 Å². The van der Waals surface area contributed by atoms with Crippen LogP contribution in [0.25, 0.3) is 0 Å². The maximum atomic E-state index is 13.3. The number of rotatable bonds is 45. The van der Waals surface area contributed by atoms with E-state index in [1.807, 2.05) is 6.08 Å². The third-order valence-corrected chi connectivity index (χ3v) is 15.4. The van der Waals surface area contributed by atoms with Crippen molar-refractivity contribution in [1.82, 2.24) is 5.32 Å². The Hall–Kier alpha value is -1.99. The van der Waals surface area contributed by atoms with Crippen LogP contribution in [0.3, 0.4) is 0 Å². The molecule has 3 rings (SSSR count). The molecule has 0 aromatic heterocycles. The Kier molecular flexibility index (Phi) is 39.4. The molecule has 0 radical (unpaired) electrons. The van der Waals surface area contributed by atoms with Gasteiger partial charge in [-0.1, -0.05) is 179 Å². The van der Waals surface area contributed by atoms with Crippen LogP contribution in [0, 0.1) is 0 Å². The molecule has 3 aliphatic rings. The molecule has 12 N–H and O–H groups in total. The summed E-state index contributed by atoms with van der Waals surface area (Å²) in [6, 6.07) is -0.989. The molecule has 3 saturated heterocycles. The van der Waals surface area contributed by atoms with Gasteiger partial charge in [-0.3, -0.25) is 4.79 Å². The van der Waals surface area contributed by atoms with Gasteiger partial charge in [0.15, 0.2) is 18.9 Å². The number of aliphatic hydroxyl groups excluding tert-OH is 11. The van der Waals surface area contributed by atoms with Crippen molar-refractivity contribution in [1.29, 1.82) is 0 Å². The number of hydrogen-bond donors (Lipinski definition) is 12. The molecular formula is C60H109NO18. The Morgan fingerprint density at radius 3 is 1.27 bits per heavy atom. The monoisotopic (exact) mass is 1130 g/mol. The number of aliphatic hydroxyl groups is 11. The van der Waals surface area contributed by atoms with E-state index in [0.29, 0.717) is 12.8 Å². The summed E-state index contributed by atoms with van der Waals surface area (Å²) in [5.74, 6) is -0.289. The van der Waals surface area contributed by atoms with Gasteiger partial charge in [-0.25, -0.2) is 0 Å². The van der Waals surface area contributed by atoms with E-state index in [1.54, 1.807) is 6.08 Å². The molecule has 0 aliphatic carbocycles. The van der Waals surface area contributed by atoms with Crippen LogP contribution in [0.5, 0.6) is 0 Å². The highest BCUT2D eigenvalue weighted by Crippen LogP contribution is 2.33. The summed E-state index contributed by atoms with van der Waals surface area (Å²) in [7, 11) is 0. The van der Waals surface area contributed by atoms with Crippen LogP contribution in [0.2, 0.25) is 0 Å². The van der Waals surface area contributed by atoms with Crippen molar-refractivity contribution < 1.29 is 89.4 Å². The van der Waals surface area contributed by atoms with E-state index in [9.17, 15) is 61.0 Å². The summed E-state index contributed by atoms with van der Waals surface area (Å²) >= 11 is 0. The Morgan fingerprint density at radius 1 is 0.443 bits per heavy atom. The van der Waals surface area contributed by atoms with Crippen LogP contribution in [-0.4, -0.2) is 193 Å². The third-order valence-electron chi connectivity index (χ3n) is 15.4. The summed E-state index contributed by atoms with van der Waals surface area (Å²) in [5.41, 5.74) is 0. The molecule has 17 atom stereocenters. The second-order valence-corrected chi connectivity index (χ2v) is 22.2. The molecule has 3 heterocycles. The predicted octanol–water partition coefficient (Wildman–Crippen LogP) is 5.71. The van der Waals surface area contributed by atoms with Gasteiger partial charge in [0.25, 0.3) is 0 Å². The Labute approximate surface area is 472 Å². The number of allylic oxidation sites excluding steroid dienone is 5. The lowest BCUT2D eigenvalue weighted by atomic mass is 9.96. The second-order valence-electron chi connectivity index (χ2n) is 22.2. The molecule has 0 saturated carbocycles. The molecular weight excluding hydrogens is 1020 g/mol. The molecule has 17 unspecified atom stereocenters. The molecule has 3 fully saturated rings.